The first-order valence-electron chi connectivity index (χ1n) is 8.14. The molecule has 0 saturated carbocycles. The third-order valence-electron chi connectivity index (χ3n) is 3.78. The summed E-state index contributed by atoms with van der Waals surface area (Å²) in [4.78, 5) is 15.0. The van der Waals surface area contributed by atoms with Gasteiger partial charge in [0.15, 0.2) is 0 Å². The third-order valence-corrected chi connectivity index (χ3v) is 5.57. The first-order chi connectivity index (χ1) is 12.9. The summed E-state index contributed by atoms with van der Waals surface area (Å²) in [5.41, 5.74) is 5.80. The molecule has 2 N–H and O–H groups in total. The molecule has 0 spiro atoms. The number of carbonyl (C=O) groups excluding carboxylic acids is 1. The molecular formula is C20H18N2O3S2. The van der Waals surface area contributed by atoms with Crippen LogP contribution in [0, 0.1) is 6.92 Å². The first kappa shape index (κ1) is 19.0. The molecule has 1 aromatic heterocycles. The van der Waals surface area contributed by atoms with Crippen molar-refractivity contribution in [3.8, 4) is 11.1 Å². The predicted molar refractivity (Wildman–Crippen MR) is 109 cm³/mol. The standard InChI is InChI=1S/C20H18N2O3S2/c1-15-7-9-17(10-8-15)18-11-13-26-19(18)20(23)21-22-27(24,25)14-12-16-5-3-2-4-6-16/h2-14,22H,1H3,(H,21,23)/b14-12+. The highest BCUT2D eigenvalue weighted by atomic mass is 32.2. The molecular weight excluding hydrogens is 380 g/mol. The SMILES string of the molecule is Cc1ccc(-c2ccsc2C(=O)NNS(=O)(=O)/C=C/c2ccccc2)cc1. The van der Waals surface area contributed by atoms with Crippen molar-refractivity contribution in [2.75, 3.05) is 0 Å². The van der Waals surface area contributed by atoms with Crippen LogP contribution in [0.1, 0.15) is 20.8 Å². The molecule has 3 aromatic rings. The molecule has 1 amide bonds. The highest BCUT2D eigenvalue weighted by Crippen LogP contribution is 2.28. The monoisotopic (exact) mass is 398 g/mol. The number of carbonyl (C=O) groups is 1. The quantitative estimate of drug-likeness (QED) is 0.617. The number of thiophene rings is 1. The molecule has 0 atom stereocenters. The third kappa shape index (κ3) is 5.13. The summed E-state index contributed by atoms with van der Waals surface area (Å²) >= 11 is 1.25. The van der Waals surface area contributed by atoms with Crippen LogP contribution in [0.3, 0.4) is 0 Å². The second-order valence-corrected chi connectivity index (χ2v) is 8.33. The summed E-state index contributed by atoms with van der Waals surface area (Å²) in [6.45, 7) is 1.99. The Morgan fingerprint density at radius 1 is 1.00 bits per heavy atom. The van der Waals surface area contributed by atoms with Gasteiger partial charge in [-0.15, -0.1) is 16.2 Å². The molecule has 0 aliphatic carbocycles. The fourth-order valence-corrected chi connectivity index (χ4v) is 3.84. The van der Waals surface area contributed by atoms with Gasteiger partial charge >= 0.3 is 0 Å². The van der Waals surface area contributed by atoms with Gasteiger partial charge in [-0.1, -0.05) is 60.2 Å². The van der Waals surface area contributed by atoms with Crippen LogP contribution < -0.4 is 10.3 Å². The van der Waals surface area contributed by atoms with Crippen molar-refractivity contribution in [2.24, 2.45) is 0 Å². The van der Waals surface area contributed by atoms with Gasteiger partial charge in [0.1, 0.15) is 4.88 Å². The van der Waals surface area contributed by atoms with Crippen LogP contribution in [-0.2, 0) is 10.0 Å². The molecule has 0 aliphatic rings. The first-order valence-corrected chi connectivity index (χ1v) is 10.6. The van der Waals surface area contributed by atoms with E-state index < -0.39 is 15.9 Å². The number of hydrazine groups is 1. The van der Waals surface area contributed by atoms with Crippen molar-refractivity contribution < 1.29 is 13.2 Å². The molecule has 27 heavy (non-hydrogen) atoms. The maximum absolute atomic E-state index is 12.4. The minimum Gasteiger partial charge on any atom is -0.273 e. The number of aryl methyl sites for hydroxylation is 1. The molecule has 0 aliphatic heterocycles. The van der Waals surface area contributed by atoms with E-state index in [1.54, 1.807) is 17.5 Å². The number of sulfonamides is 1. The van der Waals surface area contributed by atoms with Gasteiger partial charge in [-0.2, -0.15) is 0 Å². The summed E-state index contributed by atoms with van der Waals surface area (Å²) in [5.74, 6) is -0.503. The average Bonchev–Trinajstić information content (AvgIpc) is 3.16. The molecule has 0 fully saturated rings. The summed E-state index contributed by atoms with van der Waals surface area (Å²) in [6, 6.07) is 18.7. The minimum atomic E-state index is -3.81. The molecule has 0 radical (unpaired) electrons. The maximum Gasteiger partial charge on any atom is 0.276 e. The van der Waals surface area contributed by atoms with E-state index in [1.165, 1.54) is 17.4 Å². The Balaban J connectivity index is 1.69. The lowest BCUT2D eigenvalue weighted by Gasteiger charge is -2.07. The van der Waals surface area contributed by atoms with Gasteiger partial charge in [-0.05, 0) is 35.6 Å². The molecule has 138 valence electrons. The second kappa shape index (κ2) is 8.30. The van der Waals surface area contributed by atoms with Crippen LogP contribution in [0.4, 0.5) is 0 Å². The molecule has 0 bridgehead atoms. The normalized spacial score (nSPS) is 11.6. The molecule has 0 unspecified atom stereocenters. The predicted octanol–water partition coefficient (Wildman–Crippen LogP) is 3.96. The Kier molecular flexibility index (Phi) is 5.85. The lowest BCUT2D eigenvalue weighted by molar-refractivity contribution is 0.0950. The second-order valence-electron chi connectivity index (χ2n) is 5.84. The Labute approximate surface area is 162 Å². The van der Waals surface area contributed by atoms with Gasteiger partial charge in [-0.3, -0.25) is 10.2 Å². The van der Waals surface area contributed by atoms with E-state index in [1.807, 2.05) is 55.5 Å². The van der Waals surface area contributed by atoms with Gasteiger partial charge in [-0.25, -0.2) is 8.42 Å². The zero-order valence-corrected chi connectivity index (χ0v) is 16.2. The van der Waals surface area contributed by atoms with Gasteiger partial charge in [0.25, 0.3) is 15.9 Å². The van der Waals surface area contributed by atoms with E-state index in [2.05, 4.69) is 10.3 Å². The van der Waals surface area contributed by atoms with Crippen LogP contribution in [0.2, 0.25) is 0 Å². The summed E-state index contributed by atoms with van der Waals surface area (Å²) in [7, 11) is -3.81. The zero-order chi connectivity index (χ0) is 19.3. The molecule has 3 rings (SSSR count). The van der Waals surface area contributed by atoms with Gasteiger partial charge in [0.2, 0.25) is 0 Å². The van der Waals surface area contributed by atoms with Gasteiger partial charge < -0.3 is 0 Å². The van der Waals surface area contributed by atoms with Crippen molar-refractivity contribution >= 4 is 33.3 Å². The fourth-order valence-electron chi connectivity index (χ4n) is 2.39. The largest absolute Gasteiger partial charge is 0.276 e. The van der Waals surface area contributed by atoms with E-state index >= 15 is 0 Å². The van der Waals surface area contributed by atoms with Gasteiger partial charge in [0, 0.05) is 11.0 Å². The smallest absolute Gasteiger partial charge is 0.273 e. The van der Waals surface area contributed by atoms with E-state index in [4.69, 9.17) is 0 Å². The number of benzene rings is 2. The lowest BCUT2D eigenvalue weighted by atomic mass is 10.1. The summed E-state index contributed by atoms with van der Waals surface area (Å²) < 4.78 is 24.1. The van der Waals surface area contributed by atoms with Crippen LogP contribution in [-0.4, -0.2) is 14.3 Å². The van der Waals surface area contributed by atoms with E-state index in [-0.39, 0.29) is 0 Å². The van der Waals surface area contributed by atoms with Crippen molar-refractivity contribution in [1.82, 2.24) is 10.3 Å². The van der Waals surface area contributed by atoms with Crippen molar-refractivity contribution in [2.45, 2.75) is 6.92 Å². The van der Waals surface area contributed by atoms with Gasteiger partial charge in [0.05, 0.1) is 0 Å². The Morgan fingerprint density at radius 3 is 2.41 bits per heavy atom. The number of nitrogens with one attached hydrogen (secondary N) is 2. The average molecular weight is 399 g/mol. The topological polar surface area (TPSA) is 75.3 Å². The molecule has 5 nitrogen and oxygen atoms in total. The fraction of sp³-hybridized carbons (Fsp3) is 0.0500. The molecule has 7 heteroatoms. The van der Waals surface area contributed by atoms with Crippen molar-refractivity contribution in [3.63, 3.8) is 0 Å². The van der Waals surface area contributed by atoms with E-state index in [0.29, 0.717) is 4.88 Å². The number of hydrogen-bond acceptors (Lipinski definition) is 4. The van der Waals surface area contributed by atoms with Crippen LogP contribution in [0.5, 0.6) is 0 Å². The maximum atomic E-state index is 12.4. The van der Waals surface area contributed by atoms with E-state index in [0.717, 1.165) is 27.7 Å². The highest BCUT2D eigenvalue weighted by Gasteiger charge is 2.16. The number of rotatable bonds is 6. The van der Waals surface area contributed by atoms with Crippen LogP contribution in [0.25, 0.3) is 17.2 Å². The Morgan fingerprint density at radius 2 is 1.70 bits per heavy atom. The van der Waals surface area contributed by atoms with Crippen LogP contribution in [0.15, 0.2) is 71.5 Å². The van der Waals surface area contributed by atoms with E-state index in [9.17, 15) is 13.2 Å². The Hall–Kier alpha value is -2.74. The minimum absolute atomic E-state index is 0.439. The zero-order valence-electron chi connectivity index (χ0n) is 14.5. The highest BCUT2D eigenvalue weighted by molar-refractivity contribution is 7.92. The summed E-state index contributed by atoms with van der Waals surface area (Å²) in [6.07, 6.45) is 1.46. The molecule has 0 saturated heterocycles. The summed E-state index contributed by atoms with van der Waals surface area (Å²) in [5, 5.41) is 2.81. The van der Waals surface area contributed by atoms with Crippen LogP contribution >= 0.6 is 11.3 Å². The van der Waals surface area contributed by atoms with Crippen molar-refractivity contribution in [1.29, 1.82) is 0 Å². The van der Waals surface area contributed by atoms with Crippen molar-refractivity contribution in [3.05, 3.63) is 87.5 Å². The molecule has 1 heterocycles. The lowest BCUT2D eigenvalue weighted by Crippen LogP contribution is -2.40. The molecule has 2 aromatic carbocycles. The Bertz CT molecular complexity index is 1050. The number of amides is 1. The number of hydrogen-bond donors (Lipinski definition) is 2.